The van der Waals surface area contributed by atoms with Crippen LogP contribution in [0.5, 0.6) is 0 Å². The van der Waals surface area contributed by atoms with Gasteiger partial charge in [-0.15, -0.1) is 11.8 Å². The normalized spacial score (nSPS) is 10.8. The number of para-hydroxylation sites is 1. The van der Waals surface area contributed by atoms with Gasteiger partial charge in [0.1, 0.15) is 11.6 Å². The zero-order valence-electron chi connectivity index (χ0n) is 14.2. The fourth-order valence-electron chi connectivity index (χ4n) is 2.56. The second kappa shape index (κ2) is 8.14. The van der Waals surface area contributed by atoms with Gasteiger partial charge in [-0.05, 0) is 31.2 Å². The van der Waals surface area contributed by atoms with Crippen LogP contribution in [0.1, 0.15) is 12.7 Å². The summed E-state index contributed by atoms with van der Waals surface area (Å²) in [5.41, 5.74) is 0.366. The summed E-state index contributed by atoms with van der Waals surface area (Å²) in [5.74, 6) is 0.0669. The average molecular weight is 371 g/mol. The number of hydrogen-bond acceptors (Lipinski definition) is 4. The maximum atomic E-state index is 13.7. The molecule has 0 fully saturated rings. The molecule has 0 saturated heterocycles. The smallest absolute Gasteiger partial charge is 0.258 e. The fraction of sp³-hybridized carbons (Fsp3) is 0.211. The minimum Gasteiger partial charge on any atom is -0.335 e. The highest BCUT2D eigenvalue weighted by Crippen LogP contribution is 2.21. The van der Waals surface area contributed by atoms with Gasteiger partial charge in [0.15, 0.2) is 0 Å². The second-order valence-electron chi connectivity index (χ2n) is 5.66. The van der Waals surface area contributed by atoms with Crippen LogP contribution in [0.15, 0.2) is 58.2 Å². The first-order valence-electron chi connectivity index (χ1n) is 8.21. The number of halogens is 1. The number of nitrogens with zero attached hydrogens (tertiary/aromatic N) is 2. The first kappa shape index (κ1) is 18.1. The molecule has 5 nitrogen and oxygen atoms in total. The van der Waals surface area contributed by atoms with Gasteiger partial charge in [0.25, 0.3) is 5.56 Å². The number of rotatable bonds is 6. The molecule has 134 valence electrons. The van der Waals surface area contributed by atoms with Gasteiger partial charge < -0.3 is 9.88 Å². The topological polar surface area (TPSA) is 66.1 Å². The molecule has 0 unspecified atom stereocenters. The zero-order valence-corrected chi connectivity index (χ0v) is 15.1. The van der Waals surface area contributed by atoms with Gasteiger partial charge in [-0.2, -0.15) is 0 Å². The SMILES string of the molecule is CCN(Cc1nc2ccccc2c(=O)[nH]1)C(=O)CSc1ccccc1F. The molecule has 3 aromatic rings. The molecule has 0 aliphatic rings. The van der Waals surface area contributed by atoms with E-state index < -0.39 is 0 Å². The van der Waals surface area contributed by atoms with Crippen LogP contribution in [0.4, 0.5) is 4.39 Å². The highest BCUT2D eigenvalue weighted by molar-refractivity contribution is 8.00. The summed E-state index contributed by atoms with van der Waals surface area (Å²) >= 11 is 1.16. The van der Waals surface area contributed by atoms with Gasteiger partial charge in [0, 0.05) is 11.4 Å². The molecule has 1 amide bonds. The number of thioether (sulfide) groups is 1. The summed E-state index contributed by atoms with van der Waals surface area (Å²) in [4.78, 5) is 33.8. The van der Waals surface area contributed by atoms with Crippen LogP contribution in [0, 0.1) is 5.82 Å². The van der Waals surface area contributed by atoms with Crippen LogP contribution in [0.3, 0.4) is 0 Å². The molecule has 0 bridgehead atoms. The van der Waals surface area contributed by atoms with Crippen LogP contribution in [0.2, 0.25) is 0 Å². The number of aromatic nitrogens is 2. The quantitative estimate of drug-likeness (QED) is 0.676. The van der Waals surface area contributed by atoms with Gasteiger partial charge >= 0.3 is 0 Å². The van der Waals surface area contributed by atoms with E-state index in [-0.39, 0.29) is 29.6 Å². The summed E-state index contributed by atoms with van der Waals surface area (Å²) in [7, 11) is 0. The van der Waals surface area contributed by atoms with E-state index in [1.54, 1.807) is 41.3 Å². The Hall–Kier alpha value is -2.67. The largest absolute Gasteiger partial charge is 0.335 e. The Balaban J connectivity index is 1.72. The van der Waals surface area contributed by atoms with Crippen molar-refractivity contribution in [2.45, 2.75) is 18.4 Å². The Labute approximate surface area is 154 Å². The van der Waals surface area contributed by atoms with Crippen molar-refractivity contribution in [2.24, 2.45) is 0 Å². The number of aromatic amines is 1. The third kappa shape index (κ3) is 4.11. The molecule has 1 aromatic heterocycles. The molecule has 3 rings (SSSR count). The number of nitrogens with one attached hydrogen (secondary N) is 1. The summed E-state index contributed by atoms with van der Waals surface area (Å²) in [6.45, 7) is 2.52. The van der Waals surface area contributed by atoms with E-state index in [1.165, 1.54) is 6.07 Å². The van der Waals surface area contributed by atoms with Crippen molar-refractivity contribution in [1.82, 2.24) is 14.9 Å². The Kier molecular flexibility index (Phi) is 5.68. The first-order chi connectivity index (χ1) is 12.6. The lowest BCUT2D eigenvalue weighted by Crippen LogP contribution is -2.33. The van der Waals surface area contributed by atoms with E-state index in [1.807, 2.05) is 13.0 Å². The predicted octanol–water partition coefficient (Wildman–Crippen LogP) is 3.20. The van der Waals surface area contributed by atoms with Crippen LogP contribution in [-0.4, -0.2) is 33.1 Å². The van der Waals surface area contributed by atoms with Gasteiger partial charge in [0.2, 0.25) is 5.91 Å². The van der Waals surface area contributed by atoms with E-state index in [0.29, 0.717) is 28.2 Å². The molecule has 0 spiro atoms. The first-order valence-corrected chi connectivity index (χ1v) is 9.20. The van der Waals surface area contributed by atoms with Gasteiger partial charge in [0.05, 0.1) is 23.2 Å². The predicted molar refractivity (Wildman–Crippen MR) is 101 cm³/mol. The van der Waals surface area contributed by atoms with Crippen molar-refractivity contribution < 1.29 is 9.18 Å². The third-order valence-electron chi connectivity index (χ3n) is 3.92. The van der Waals surface area contributed by atoms with E-state index in [0.717, 1.165) is 11.8 Å². The lowest BCUT2D eigenvalue weighted by Gasteiger charge is -2.20. The molecule has 0 atom stereocenters. The minimum absolute atomic E-state index is 0.118. The Morgan fingerprint density at radius 1 is 1.19 bits per heavy atom. The van der Waals surface area contributed by atoms with Crippen molar-refractivity contribution >= 4 is 28.6 Å². The molecule has 2 aromatic carbocycles. The van der Waals surface area contributed by atoms with Crippen LogP contribution >= 0.6 is 11.8 Å². The highest BCUT2D eigenvalue weighted by atomic mass is 32.2. The van der Waals surface area contributed by atoms with Crippen LogP contribution in [-0.2, 0) is 11.3 Å². The van der Waals surface area contributed by atoms with E-state index in [9.17, 15) is 14.0 Å². The number of benzene rings is 2. The van der Waals surface area contributed by atoms with E-state index >= 15 is 0 Å². The minimum atomic E-state index is -0.339. The molecule has 0 radical (unpaired) electrons. The van der Waals surface area contributed by atoms with E-state index in [2.05, 4.69) is 9.97 Å². The Morgan fingerprint density at radius 3 is 2.69 bits per heavy atom. The number of amides is 1. The summed E-state index contributed by atoms with van der Waals surface area (Å²) < 4.78 is 13.7. The second-order valence-corrected chi connectivity index (χ2v) is 6.67. The number of carbonyl (C=O) groups is 1. The highest BCUT2D eigenvalue weighted by Gasteiger charge is 2.15. The number of hydrogen-bond donors (Lipinski definition) is 1. The molecular formula is C19H18FN3O2S. The maximum absolute atomic E-state index is 13.7. The number of carbonyl (C=O) groups excluding carboxylic acids is 1. The Bertz CT molecular complexity index is 990. The van der Waals surface area contributed by atoms with Crippen LogP contribution in [0.25, 0.3) is 10.9 Å². The van der Waals surface area contributed by atoms with Crippen molar-refractivity contribution in [2.75, 3.05) is 12.3 Å². The van der Waals surface area contributed by atoms with Crippen molar-refractivity contribution in [3.63, 3.8) is 0 Å². The third-order valence-corrected chi connectivity index (χ3v) is 4.96. The molecule has 7 heteroatoms. The van der Waals surface area contributed by atoms with E-state index in [4.69, 9.17) is 0 Å². The molecule has 0 aliphatic heterocycles. The van der Waals surface area contributed by atoms with Gasteiger partial charge in [-0.25, -0.2) is 9.37 Å². The zero-order chi connectivity index (χ0) is 18.5. The molecule has 0 aliphatic carbocycles. The van der Waals surface area contributed by atoms with Crippen molar-refractivity contribution in [3.05, 3.63) is 70.5 Å². The molecule has 0 saturated carbocycles. The summed E-state index contributed by atoms with van der Waals surface area (Å²) in [6.07, 6.45) is 0. The molecule has 1 N–H and O–H groups in total. The maximum Gasteiger partial charge on any atom is 0.258 e. The number of H-pyrrole nitrogens is 1. The van der Waals surface area contributed by atoms with Gasteiger partial charge in [-0.3, -0.25) is 9.59 Å². The lowest BCUT2D eigenvalue weighted by molar-refractivity contribution is -0.128. The molecular weight excluding hydrogens is 353 g/mol. The lowest BCUT2D eigenvalue weighted by atomic mass is 10.2. The van der Waals surface area contributed by atoms with Gasteiger partial charge in [-0.1, -0.05) is 24.3 Å². The van der Waals surface area contributed by atoms with Crippen LogP contribution < -0.4 is 5.56 Å². The monoisotopic (exact) mass is 371 g/mol. The molecule has 26 heavy (non-hydrogen) atoms. The standard InChI is InChI=1S/C19H18FN3O2S/c1-2-23(18(24)12-26-16-10-6-4-8-14(16)20)11-17-21-15-9-5-3-7-13(15)19(25)22-17/h3-10H,2,11-12H2,1H3,(H,21,22,25). The fourth-order valence-corrected chi connectivity index (χ4v) is 3.40. The summed E-state index contributed by atoms with van der Waals surface area (Å²) in [5, 5.41) is 0.515. The Morgan fingerprint density at radius 2 is 1.92 bits per heavy atom. The van der Waals surface area contributed by atoms with Crippen molar-refractivity contribution in [3.8, 4) is 0 Å². The summed E-state index contributed by atoms with van der Waals surface area (Å²) in [6, 6.07) is 13.4. The average Bonchev–Trinajstić information content (AvgIpc) is 2.65. The molecule has 1 heterocycles. The number of fused-ring (bicyclic) bond motifs is 1. The van der Waals surface area contributed by atoms with Crippen molar-refractivity contribution in [1.29, 1.82) is 0 Å².